The summed E-state index contributed by atoms with van der Waals surface area (Å²) in [7, 11) is 2.97. The van der Waals surface area contributed by atoms with Crippen molar-refractivity contribution in [2.45, 2.75) is 25.7 Å². The molecular formula is C23H21F3N4O5. The summed E-state index contributed by atoms with van der Waals surface area (Å²) >= 11 is 0. The van der Waals surface area contributed by atoms with Crippen molar-refractivity contribution in [3.05, 3.63) is 74.7 Å². The van der Waals surface area contributed by atoms with E-state index in [1.807, 2.05) is 0 Å². The van der Waals surface area contributed by atoms with Gasteiger partial charge in [0, 0.05) is 12.6 Å². The van der Waals surface area contributed by atoms with Crippen molar-refractivity contribution in [2.75, 3.05) is 7.11 Å². The number of benzene rings is 2. The lowest BCUT2D eigenvalue weighted by molar-refractivity contribution is -0.0136. The van der Waals surface area contributed by atoms with Crippen molar-refractivity contribution >= 4 is 11.2 Å². The Bertz CT molecular complexity index is 1480. The molecule has 0 bridgehead atoms. The second-order valence-corrected chi connectivity index (χ2v) is 7.72. The first-order valence-electron chi connectivity index (χ1n) is 10.4. The van der Waals surface area contributed by atoms with Gasteiger partial charge in [-0.25, -0.2) is 22.9 Å². The molecule has 0 spiro atoms. The van der Waals surface area contributed by atoms with E-state index in [-0.39, 0.29) is 29.4 Å². The van der Waals surface area contributed by atoms with Gasteiger partial charge in [0.05, 0.1) is 13.7 Å². The third-order valence-electron chi connectivity index (χ3n) is 5.40. The van der Waals surface area contributed by atoms with E-state index < -0.39 is 30.3 Å². The second kappa shape index (κ2) is 9.66. The highest BCUT2D eigenvalue weighted by molar-refractivity contribution is 5.77. The van der Waals surface area contributed by atoms with Gasteiger partial charge in [0.1, 0.15) is 24.4 Å². The third-order valence-corrected chi connectivity index (χ3v) is 5.40. The highest BCUT2D eigenvalue weighted by Gasteiger charge is 2.23. The van der Waals surface area contributed by atoms with Crippen LogP contribution in [0.3, 0.4) is 0 Å². The van der Waals surface area contributed by atoms with Gasteiger partial charge in [-0.05, 0) is 35.9 Å². The highest BCUT2D eigenvalue weighted by Crippen LogP contribution is 2.33. The third kappa shape index (κ3) is 4.78. The lowest BCUT2D eigenvalue weighted by Gasteiger charge is -2.12. The molecule has 0 saturated heterocycles. The molecule has 1 unspecified atom stereocenters. The van der Waals surface area contributed by atoms with E-state index in [1.165, 1.54) is 30.9 Å². The van der Waals surface area contributed by atoms with Gasteiger partial charge in [-0.3, -0.25) is 14.3 Å². The number of aryl methyl sites for hydroxylation is 1. The molecule has 0 fully saturated rings. The Hall–Kier alpha value is -4.06. The van der Waals surface area contributed by atoms with Crippen LogP contribution >= 0.6 is 0 Å². The Morgan fingerprint density at radius 3 is 2.49 bits per heavy atom. The maximum absolute atomic E-state index is 13.1. The van der Waals surface area contributed by atoms with Crippen molar-refractivity contribution in [1.29, 1.82) is 0 Å². The van der Waals surface area contributed by atoms with Crippen LogP contribution in [0.2, 0.25) is 0 Å². The minimum absolute atomic E-state index is 0.0309. The fourth-order valence-electron chi connectivity index (χ4n) is 3.61. The van der Waals surface area contributed by atoms with Crippen LogP contribution in [0.4, 0.5) is 13.2 Å². The zero-order valence-corrected chi connectivity index (χ0v) is 18.7. The van der Waals surface area contributed by atoms with Gasteiger partial charge >= 0.3 is 5.69 Å². The summed E-state index contributed by atoms with van der Waals surface area (Å²) < 4.78 is 52.3. The monoisotopic (exact) mass is 490 g/mol. The number of ether oxygens (including phenoxy) is 2. The average molecular weight is 490 g/mol. The number of aliphatic hydroxyl groups excluding tert-OH is 1. The molecule has 0 amide bonds. The molecule has 9 nitrogen and oxygen atoms in total. The summed E-state index contributed by atoms with van der Waals surface area (Å²) in [6.45, 7) is -0.587. The maximum atomic E-state index is 13.1. The van der Waals surface area contributed by atoms with E-state index in [0.29, 0.717) is 17.1 Å². The zero-order valence-electron chi connectivity index (χ0n) is 18.7. The molecule has 2 heterocycles. The summed E-state index contributed by atoms with van der Waals surface area (Å²) in [6.07, 6.45) is -5.20. The predicted octanol–water partition coefficient (Wildman–Crippen LogP) is 2.44. The lowest BCUT2D eigenvalue weighted by atomic mass is 10.2. The number of nitrogens with one attached hydrogen (secondary N) is 1. The van der Waals surface area contributed by atoms with Crippen molar-refractivity contribution < 1.29 is 27.8 Å². The fraction of sp³-hybridized carbons (Fsp3) is 0.261. The Labute approximate surface area is 196 Å². The average Bonchev–Trinajstić information content (AvgIpc) is 3.18. The van der Waals surface area contributed by atoms with Crippen LogP contribution in [0.1, 0.15) is 5.56 Å². The molecule has 1 atom stereocenters. The van der Waals surface area contributed by atoms with E-state index in [2.05, 4.69) is 9.97 Å². The van der Waals surface area contributed by atoms with Crippen molar-refractivity contribution in [3.8, 4) is 22.9 Å². The minimum Gasteiger partial charge on any atom is -0.493 e. The number of aromatic nitrogens is 4. The van der Waals surface area contributed by atoms with Crippen LogP contribution < -0.4 is 20.7 Å². The van der Waals surface area contributed by atoms with Crippen LogP contribution in [-0.2, 0) is 20.2 Å². The molecule has 35 heavy (non-hydrogen) atoms. The van der Waals surface area contributed by atoms with E-state index in [9.17, 15) is 27.9 Å². The molecule has 4 aromatic rings. The number of hydrogen-bond acceptors (Lipinski definition) is 6. The summed E-state index contributed by atoms with van der Waals surface area (Å²) in [5.41, 5.74) is -0.656. The number of H-pyrrole nitrogens is 1. The number of methoxy groups -OCH3 is 1. The number of alkyl halides is 2. The summed E-state index contributed by atoms with van der Waals surface area (Å²) in [6, 6.07) is 10.7. The van der Waals surface area contributed by atoms with E-state index in [4.69, 9.17) is 9.47 Å². The first-order chi connectivity index (χ1) is 16.7. The highest BCUT2D eigenvalue weighted by atomic mass is 19.3. The molecule has 0 saturated carbocycles. The summed E-state index contributed by atoms with van der Waals surface area (Å²) in [5.74, 6) is 0.635. The van der Waals surface area contributed by atoms with Crippen molar-refractivity contribution in [2.24, 2.45) is 7.05 Å². The SMILES string of the molecule is COc1cc(-c2nc3c(c(=O)[nH]c(=O)n3CC(O)C(F)F)n2C)ccc1OCc1ccc(F)cc1. The van der Waals surface area contributed by atoms with Gasteiger partial charge in [-0.15, -0.1) is 0 Å². The molecule has 2 aromatic heterocycles. The fourth-order valence-corrected chi connectivity index (χ4v) is 3.61. The van der Waals surface area contributed by atoms with E-state index >= 15 is 0 Å². The molecule has 2 aromatic carbocycles. The number of fused-ring (bicyclic) bond motifs is 1. The molecule has 0 aliphatic rings. The minimum atomic E-state index is -3.08. The van der Waals surface area contributed by atoms with Crippen LogP contribution in [0.15, 0.2) is 52.1 Å². The number of halogens is 3. The van der Waals surface area contributed by atoms with Gasteiger partial charge in [-0.2, -0.15) is 0 Å². The molecule has 2 N–H and O–H groups in total. The quantitative estimate of drug-likeness (QED) is 0.393. The van der Waals surface area contributed by atoms with Gasteiger partial charge in [0.25, 0.3) is 12.0 Å². The number of aliphatic hydroxyl groups is 1. The first kappa shape index (κ1) is 24.1. The maximum Gasteiger partial charge on any atom is 0.330 e. The Balaban J connectivity index is 1.72. The number of aromatic amines is 1. The molecule has 0 radical (unpaired) electrons. The van der Waals surface area contributed by atoms with Crippen molar-refractivity contribution in [1.82, 2.24) is 19.1 Å². The largest absolute Gasteiger partial charge is 0.493 e. The topological polar surface area (TPSA) is 111 Å². The molecule has 4 rings (SSSR count). The normalized spacial score (nSPS) is 12.3. The molecule has 184 valence electrons. The van der Waals surface area contributed by atoms with E-state index in [1.54, 1.807) is 30.3 Å². The predicted molar refractivity (Wildman–Crippen MR) is 120 cm³/mol. The lowest BCUT2D eigenvalue weighted by Crippen LogP contribution is -2.36. The smallest absolute Gasteiger partial charge is 0.330 e. The summed E-state index contributed by atoms with van der Waals surface area (Å²) in [4.78, 5) is 31.1. The number of imidazole rings is 1. The molecular weight excluding hydrogens is 469 g/mol. The van der Waals surface area contributed by atoms with Crippen LogP contribution in [0.5, 0.6) is 11.5 Å². The number of nitrogens with zero attached hydrogens (tertiary/aromatic N) is 3. The van der Waals surface area contributed by atoms with E-state index in [0.717, 1.165) is 10.1 Å². The number of rotatable bonds is 8. The Morgan fingerprint density at radius 1 is 1.11 bits per heavy atom. The van der Waals surface area contributed by atoms with Gasteiger partial charge in [-0.1, -0.05) is 12.1 Å². The van der Waals surface area contributed by atoms with Crippen LogP contribution in [0.25, 0.3) is 22.6 Å². The molecule has 12 heteroatoms. The second-order valence-electron chi connectivity index (χ2n) is 7.72. The number of hydrogen-bond donors (Lipinski definition) is 2. The molecule has 0 aliphatic heterocycles. The van der Waals surface area contributed by atoms with Gasteiger partial charge in [0.2, 0.25) is 0 Å². The van der Waals surface area contributed by atoms with Gasteiger partial charge < -0.3 is 19.1 Å². The zero-order chi connectivity index (χ0) is 25.3. The van der Waals surface area contributed by atoms with Gasteiger partial charge in [0.15, 0.2) is 22.7 Å². The van der Waals surface area contributed by atoms with Crippen LogP contribution in [-0.4, -0.2) is 43.8 Å². The standard InChI is InChI=1S/C23H21F3N4O5/c1-29-18-21(30(10-15(31)19(25)26)23(33)28-22(18)32)27-20(29)13-5-8-16(17(9-13)34-2)35-11-12-3-6-14(24)7-4-12/h3-9,15,19,31H,10-11H2,1-2H3,(H,28,32,33). The summed E-state index contributed by atoms with van der Waals surface area (Å²) in [5, 5.41) is 9.59. The van der Waals surface area contributed by atoms with Crippen LogP contribution in [0, 0.1) is 5.82 Å². The first-order valence-corrected chi connectivity index (χ1v) is 10.4. The van der Waals surface area contributed by atoms with Crippen molar-refractivity contribution in [3.63, 3.8) is 0 Å². The Morgan fingerprint density at radius 2 is 1.83 bits per heavy atom. The molecule has 0 aliphatic carbocycles. The Kier molecular flexibility index (Phi) is 6.65.